The van der Waals surface area contributed by atoms with E-state index in [1.54, 1.807) is 6.07 Å². The van der Waals surface area contributed by atoms with Crippen LogP contribution in [0, 0.1) is 0 Å². The zero-order valence-corrected chi connectivity index (χ0v) is 17.4. The van der Waals surface area contributed by atoms with Gasteiger partial charge in [0.05, 0.1) is 26.7 Å². The molecule has 154 valence electrons. The Hall–Kier alpha value is -2.25. The molecule has 10 heteroatoms. The van der Waals surface area contributed by atoms with Crippen molar-refractivity contribution in [1.29, 1.82) is 0 Å². The summed E-state index contributed by atoms with van der Waals surface area (Å²) >= 11 is 1.33. The Morgan fingerprint density at radius 3 is 2.21 bits per heavy atom. The van der Waals surface area contributed by atoms with Crippen molar-refractivity contribution in [2.24, 2.45) is 0 Å². The highest BCUT2D eigenvalue weighted by Gasteiger charge is 2.32. The molecular weight excluding hydrogens is 428 g/mol. The van der Waals surface area contributed by atoms with Gasteiger partial charge in [0.15, 0.2) is 0 Å². The zero-order chi connectivity index (χ0) is 21.6. The minimum atomic E-state index is -4.49. The van der Waals surface area contributed by atoms with E-state index >= 15 is 0 Å². The van der Waals surface area contributed by atoms with E-state index in [9.17, 15) is 22.0 Å². The van der Waals surface area contributed by atoms with E-state index in [4.69, 9.17) is 0 Å². The standard InChI is InChI=1S/C19H17F5N3PS/c1-11(26(2)3)15-8-9-16(29-15)14-10-17(19(23,24)28)25-27(14)13-6-4-12(5-7-13)18(20,21)22/h4-10H,1,28H2,2-3H3. The number of halogens is 5. The molecule has 3 nitrogen and oxygen atoms in total. The largest absolute Gasteiger partial charge is 0.416 e. The molecule has 0 fully saturated rings. The third-order valence-electron chi connectivity index (χ3n) is 4.17. The molecule has 2 heterocycles. The van der Waals surface area contributed by atoms with Crippen LogP contribution in [0.3, 0.4) is 0 Å². The van der Waals surface area contributed by atoms with Crippen LogP contribution in [0.25, 0.3) is 22.0 Å². The predicted molar refractivity (Wildman–Crippen MR) is 108 cm³/mol. The molecule has 0 radical (unpaired) electrons. The molecule has 0 aliphatic rings. The number of hydrogen-bond donors (Lipinski definition) is 0. The summed E-state index contributed by atoms with van der Waals surface area (Å²) in [7, 11) is 5.09. The molecule has 1 unspecified atom stereocenters. The first-order valence-corrected chi connectivity index (χ1v) is 9.69. The number of alkyl halides is 5. The lowest BCUT2D eigenvalue weighted by molar-refractivity contribution is -0.137. The topological polar surface area (TPSA) is 21.1 Å². The Morgan fingerprint density at radius 1 is 1.07 bits per heavy atom. The molecule has 2 aromatic heterocycles. The third-order valence-corrected chi connectivity index (χ3v) is 5.63. The second-order valence-corrected chi connectivity index (χ2v) is 8.31. The quantitative estimate of drug-likeness (QED) is 0.351. The van der Waals surface area contributed by atoms with Crippen LogP contribution in [0.2, 0.25) is 0 Å². The van der Waals surface area contributed by atoms with Gasteiger partial charge in [0.1, 0.15) is 5.69 Å². The van der Waals surface area contributed by atoms with Crippen LogP contribution in [0.4, 0.5) is 22.0 Å². The maximum absolute atomic E-state index is 13.9. The predicted octanol–water partition coefficient (Wildman–Crippen LogP) is 6.08. The van der Waals surface area contributed by atoms with Gasteiger partial charge in [0.25, 0.3) is 0 Å². The molecule has 1 aromatic carbocycles. The van der Waals surface area contributed by atoms with Crippen LogP contribution < -0.4 is 0 Å². The van der Waals surface area contributed by atoms with Crippen molar-refractivity contribution in [2.75, 3.05) is 14.1 Å². The van der Waals surface area contributed by atoms with Crippen molar-refractivity contribution in [1.82, 2.24) is 14.7 Å². The highest BCUT2D eigenvalue weighted by molar-refractivity contribution is 7.17. The number of aromatic nitrogens is 2. The van der Waals surface area contributed by atoms with Gasteiger partial charge in [-0.1, -0.05) is 15.8 Å². The zero-order valence-electron chi connectivity index (χ0n) is 15.5. The third kappa shape index (κ3) is 4.51. The summed E-state index contributed by atoms with van der Waals surface area (Å²) in [6, 6.07) is 9.00. The number of thiophene rings is 1. The van der Waals surface area contributed by atoms with E-state index in [2.05, 4.69) is 11.7 Å². The Balaban J connectivity index is 2.10. The van der Waals surface area contributed by atoms with Gasteiger partial charge in [0.2, 0.25) is 0 Å². The first kappa shape index (κ1) is 21.5. The minimum Gasteiger partial charge on any atom is -0.377 e. The van der Waals surface area contributed by atoms with Crippen LogP contribution in [0.15, 0.2) is 49.0 Å². The molecule has 3 rings (SSSR count). The van der Waals surface area contributed by atoms with Crippen LogP contribution in [0.1, 0.15) is 16.1 Å². The summed E-state index contributed by atoms with van der Waals surface area (Å²) in [5.74, 6) is 0. The number of benzene rings is 1. The molecule has 29 heavy (non-hydrogen) atoms. The fourth-order valence-electron chi connectivity index (χ4n) is 2.56. The molecular formula is C19H17F5N3PS. The van der Waals surface area contributed by atoms with E-state index in [-0.39, 0.29) is 5.69 Å². The molecule has 0 spiro atoms. The van der Waals surface area contributed by atoms with Gasteiger partial charge in [-0.2, -0.15) is 27.1 Å². The van der Waals surface area contributed by atoms with Gasteiger partial charge in [-0.05, 0) is 42.5 Å². The fraction of sp³-hybridized carbons (Fsp3) is 0.211. The SMILES string of the molecule is C=C(c1ccc(-c2cc(C(F)(F)P)nn2-c2ccc(C(F)(F)F)cc2)s1)N(C)C. The van der Waals surface area contributed by atoms with Crippen LogP contribution in [-0.2, 0) is 11.8 Å². The molecule has 0 N–H and O–H groups in total. The maximum Gasteiger partial charge on any atom is 0.416 e. The summed E-state index contributed by atoms with van der Waals surface area (Å²) in [5, 5.41) is 3.95. The molecule has 1 atom stereocenters. The van der Waals surface area contributed by atoms with Crippen molar-refractivity contribution >= 4 is 26.3 Å². The van der Waals surface area contributed by atoms with Gasteiger partial charge < -0.3 is 4.90 Å². The van der Waals surface area contributed by atoms with E-state index in [1.165, 1.54) is 43.5 Å². The molecule has 3 aromatic rings. The van der Waals surface area contributed by atoms with Gasteiger partial charge >= 0.3 is 11.8 Å². The second-order valence-electron chi connectivity index (χ2n) is 6.50. The molecule has 0 aliphatic carbocycles. The lowest BCUT2D eigenvalue weighted by atomic mass is 10.2. The normalized spacial score (nSPS) is 12.3. The van der Waals surface area contributed by atoms with Crippen molar-refractivity contribution < 1.29 is 22.0 Å². The first-order valence-electron chi connectivity index (χ1n) is 8.29. The van der Waals surface area contributed by atoms with Gasteiger partial charge in [-0.3, -0.25) is 0 Å². The van der Waals surface area contributed by atoms with E-state index in [0.717, 1.165) is 22.7 Å². The van der Waals surface area contributed by atoms with Crippen molar-refractivity contribution in [3.63, 3.8) is 0 Å². The maximum atomic E-state index is 13.9. The van der Waals surface area contributed by atoms with Crippen LogP contribution in [0.5, 0.6) is 0 Å². The lowest BCUT2D eigenvalue weighted by Gasteiger charge is -2.13. The Labute approximate surface area is 170 Å². The lowest BCUT2D eigenvalue weighted by Crippen LogP contribution is -2.07. The molecule has 0 saturated carbocycles. The minimum absolute atomic E-state index is 0.245. The highest BCUT2D eigenvalue weighted by Crippen LogP contribution is 2.39. The van der Waals surface area contributed by atoms with Gasteiger partial charge in [-0.25, -0.2) is 4.68 Å². The van der Waals surface area contributed by atoms with Gasteiger partial charge in [0, 0.05) is 19.8 Å². The van der Waals surface area contributed by atoms with Crippen molar-refractivity contribution in [3.8, 4) is 16.3 Å². The molecule has 0 saturated heterocycles. The smallest absolute Gasteiger partial charge is 0.377 e. The summed E-state index contributed by atoms with van der Waals surface area (Å²) < 4.78 is 67.4. The van der Waals surface area contributed by atoms with E-state index < -0.39 is 23.1 Å². The fourth-order valence-corrected chi connectivity index (χ4v) is 3.76. The van der Waals surface area contributed by atoms with E-state index in [0.29, 0.717) is 10.6 Å². The monoisotopic (exact) mass is 445 g/mol. The Bertz CT molecular complexity index is 1030. The number of hydrogen-bond acceptors (Lipinski definition) is 3. The highest BCUT2D eigenvalue weighted by atomic mass is 32.1. The average molecular weight is 445 g/mol. The van der Waals surface area contributed by atoms with E-state index in [1.807, 2.05) is 25.1 Å². The summed E-state index contributed by atoms with van der Waals surface area (Å²) in [4.78, 5) is 3.30. The molecule has 0 amide bonds. The summed E-state index contributed by atoms with van der Waals surface area (Å²) in [6.45, 7) is 3.97. The Kier molecular flexibility index (Phi) is 5.58. The first-order chi connectivity index (χ1) is 13.4. The van der Waals surface area contributed by atoms with Crippen molar-refractivity contribution in [3.05, 3.63) is 65.2 Å². The van der Waals surface area contributed by atoms with Crippen molar-refractivity contribution in [2.45, 2.75) is 11.8 Å². The summed E-state index contributed by atoms with van der Waals surface area (Å²) in [5.41, 5.74) is -3.26. The van der Waals surface area contributed by atoms with Crippen LogP contribution >= 0.6 is 20.6 Å². The second kappa shape index (κ2) is 7.54. The number of nitrogens with zero attached hydrogens (tertiary/aromatic N) is 3. The molecule has 0 aliphatic heterocycles. The molecule has 0 bridgehead atoms. The summed E-state index contributed by atoms with van der Waals surface area (Å²) in [6.07, 6.45) is -4.49. The Morgan fingerprint density at radius 2 is 1.69 bits per heavy atom. The average Bonchev–Trinajstić information content (AvgIpc) is 3.27. The number of rotatable bonds is 5. The van der Waals surface area contributed by atoms with Gasteiger partial charge in [-0.15, -0.1) is 11.3 Å². The van der Waals surface area contributed by atoms with Crippen LogP contribution in [-0.4, -0.2) is 28.8 Å².